The van der Waals surface area contributed by atoms with E-state index in [0.29, 0.717) is 23.1 Å². The second kappa shape index (κ2) is 19.1. The van der Waals surface area contributed by atoms with Gasteiger partial charge in [-0.25, -0.2) is 0 Å². The number of imide groups is 2. The van der Waals surface area contributed by atoms with Crippen molar-refractivity contribution in [2.24, 2.45) is 10.9 Å². The average molecular weight is 854 g/mol. The molecule has 0 aliphatic carbocycles. The van der Waals surface area contributed by atoms with Gasteiger partial charge in [-0.15, -0.1) is 0 Å². The summed E-state index contributed by atoms with van der Waals surface area (Å²) in [7, 11) is 0. The van der Waals surface area contributed by atoms with Gasteiger partial charge in [0.1, 0.15) is 23.7 Å². The monoisotopic (exact) mass is 854 g/mol. The Morgan fingerprint density at radius 3 is 2.37 bits per heavy atom. The molecule has 0 bridgehead atoms. The standard InChI is InChI=1S/C44H57N11O5.C2H6.2H2/c1-28(2)60-32-5-7-36-35(23-32)41(49-48-36)37-24-39(46-27-45-37)54-21-20-52(29(3)25-54)17-14-50-12-10-30(11-13-50)26-51-15-18-53(19-16-51)31-4-6-33-34(22-31)44(59)55(43(33)58)38-8-9-40(56)47-42(38)57;1-2;;/h4-7,22-24,27-30,38-39H,8-21,25-26H2,1-3H3,(H,45,46)(H,48,49)(H,47,56,57);1-2H3;2*1H/t29-,38?,39?;;;/m0.../s1. The van der Waals surface area contributed by atoms with Gasteiger partial charge in [-0.1, -0.05) is 13.8 Å². The molecule has 4 fully saturated rings. The van der Waals surface area contributed by atoms with Crippen molar-refractivity contribution in [1.82, 2.24) is 45.3 Å². The molecule has 6 aliphatic heterocycles. The molecule has 7 heterocycles. The lowest BCUT2D eigenvalue weighted by Crippen LogP contribution is -2.56. The number of carbonyl (C=O) groups is 4. The molecule has 2 unspecified atom stereocenters. The fraction of sp³-hybridized carbons (Fsp3) is 0.565. The fourth-order valence-electron chi connectivity index (χ4n) is 9.78. The normalized spacial score (nSPS) is 24.5. The summed E-state index contributed by atoms with van der Waals surface area (Å²) in [6.07, 6.45) is 6.76. The first-order valence-corrected chi connectivity index (χ1v) is 22.8. The second-order valence-electron chi connectivity index (χ2n) is 17.5. The number of rotatable bonds is 11. The Hall–Kier alpha value is -5.16. The van der Waals surface area contributed by atoms with E-state index < -0.39 is 23.8 Å². The van der Waals surface area contributed by atoms with Crippen LogP contribution in [0.15, 0.2) is 47.5 Å². The number of fused-ring (bicyclic) bond motifs is 2. The van der Waals surface area contributed by atoms with Crippen LogP contribution in [0.1, 0.15) is 89.6 Å². The van der Waals surface area contributed by atoms with Crippen LogP contribution < -0.4 is 20.3 Å². The number of likely N-dealkylation sites (tertiary alicyclic amines) is 1. The number of H-pyrrole nitrogens is 1. The summed E-state index contributed by atoms with van der Waals surface area (Å²) >= 11 is 0. The van der Waals surface area contributed by atoms with Crippen molar-refractivity contribution in [3.63, 3.8) is 0 Å². The second-order valence-corrected chi connectivity index (χ2v) is 17.5. The summed E-state index contributed by atoms with van der Waals surface area (Å²) in [5.74, 6) is -0.373. The van der Waals surface area contributed by atoms with Crippen molar-refractivity contribution in [2.45, 2.75) is 84.7 Å². The number of piperidine rings is 2. The minimum absolute atomic E-state index is 0. The molecule has 0 radical (unpaired) electrons. The van der Waals surface area contributed by atoms with E-state index in [1.54, 1.807) is 12.1 Å². The van der Waals surface area contributed by atoms with E-state index in [4.69, 9.17) is 9.73 Å². The highest BCUT2D eigenvalue weighted by atomic mass is 16.5. The van der Waals surface area contributed by atoms with Crippen LogP contribution in [0.3, 0.4) is 0 Å². The van der Waals surface area contributed by atoms with E-state index in [1.807, 2.05) is 52.2 Å². The Bertz CT molecular complexity index is 2200. The number of aromatic amines is 1. The zero-order chi connectivity index (χ0) is 43.5. The number of anilines is 1. The number of nitrogens with one attached hydrogen (secondary N) is 3. The van der Waals surface area contributed by atoms with Gasteiger partial charge in [0.05, 0.1) is 34.8 Å². The van der Waals surface area contributed by atoms with Gasteiger partial charge in [-0.05, 0) is 102 Å². The third kappa shape index (κ3) is 9.29. The van der Waals surface area contributed by atoms with Crippen molar-refractivity contribution in [2.75, 3.05) is 83.4 Å². The molecule has 0 saturated carbocycles. The molecule has 16 nitrogen and oxygen atoms in total. The fourth-order valence-corrected chi connectivity index (χ4v) is 9.78. The third-order valence-electron chi connectivity index (χ3n) is 13.2. The number of nitrogens with zero attached hydrogens (tertiary/aromatic N) is 8. The summed E-state index contributed by atoms with van der Waals surface area (Å²) in [5.41, 5.74) is 4.38. The molecular formula is C46H67N11O5. The van der Waals surface area contributed by atoms with Crippen LogP contribution in [0.25, 0.3) is 16.6 Å². The van der Waals surface area contributed by atoms with E-state index in [1.165, 1.54) is 12.8 Å². The van der Waals surface area contributed by atoms with Gasteiger partial charge in [0.2, 0.25) is 11.8 Å². The predicted molar refractivity (Wildman–Crippen MR) is 244 cm³/mol. The number of amides is 4. The van der Waals surface area contributed by atoms with E-state index >= 15 is 0 Å². The quantitative estimate of drug-likeness (QED) is 0.237. The summed E-state index contributed by atoms with van der Waals surface area (Å²) in [4.78, 5) is 69.0. The van der Waals surface area contributed by atoms with Gasteiger partial charge < -0.3 is 19.9 Å². The van der Waals surface area contributed by atoms with Crippen molar-refractivity contribution in [3.05, 3.63) is 59.3 Å². The Morgan fingerprint density at radius 1 is 0.855 bits per heavy atom. The molecule has 9 rings (SSSR count). The molecule has 3 aromatic rings. The van der Waals surface area contributed by atoms with Crippen LogP contribution in [0.2, 0.25) is 0 Å². The van der Waals surface area contributed by atoms with Crippen molar-refractivity contribution in [1.29, 1.82) is 0 Å². The predicted octanol–water partition coefficient (Wildman–Crippen LogP) is 4.11. The van der Waals surface area contributed by atoms with E-state index in [-0.39, 0.29) is 33.9 Å². The van der Waals surface area contributed by atoms with Gasteiger partial charge in [-0.3, -0.25) is 54.2 Å². The number of piperazine rings is 2. The molecule has 0 spiro atoms. The molecule has 336 valence electrons. The number of hydrogen-bond acceptors (Lipinski definition) is 13. The summed E-state index contributed by atoms with van der Waals surface area (Å²) in [6, 6.07) is 10.9. The summed E-state index contributed by atoms with van der Waals surface area (Å²) < 4.78 is 5.96. The van der Waals surface area contributed by atoms with E-state index in [0.717, 1.165) is 117 Å². The highest BCUT2D eigenvalue weighted by Gasteiger charge is 2.45. The molecular weight excluding hydrogens is 787 g/mol. The SMILES string of the molecule is CC.CC(C)Oc1ccc2[nH]nc(C3=CC(N4CCN(CCN5CCC(CN6CCN(c7ccc8c(c7)C(=O)N(C7CCC(=O)NC7=O)C8=O)CC6)CC5)[C@@H](C)C4)N=CN3)c2c1.[HH].[HH]. The minimum Gasteiger partial charge on any atom is -0.491 e. The van der Waals surface area contributed by atoms with Crippen LogP contribution in [0, 0.1) is 5.92 Å². The molecule has 4 amide bonds. The summed E-state index contributed by atoms with van der Waals surface area (Å²) in [6.45, 7) is 22.5. The Balaban J connectivity index is 0.00000168. The first-order valence-electron chi connectivity index (χ1n) is 22.8. The molecule has 4 saturated heterocycles. The van der Waals surface area contributed by atoms with Crippen molar-refractivity contribution >= 4 is 52.3 Å². The zero-order valence-electron chi connectivity index (χ0n) is 36.9. The maximum atomic E-state index is 13.4. The molecule has 6 aliphatic rings. The topological polar surface area (TPSA) is 162 Å². The van der Waals surface area contributed by atoms with Crippen LogP contribution >= 0.6 is 0 Å². The largest absolute Gasteiger partial charge is 0.491 e. The molecule has 62 heavy (non-hydrogen) atoms. The third-order valence-corrected chi connectivity index (χ3v) is 13.2. The average Bonchev–Trinajstić information content (AvgIpc) is 3.81. The van der Waals surface area contributed by atoms with E-state index in [2.05, 4.69) is 64.4 Å². The number of benzene rings is 2. The van der Waals surface area contributed by atoms with E-state index in [9.17, 15) is 19.2 Å². The maximum absolute atomic E-state index is 13.4. The van der Waals surface area contributed by atoms with Gasteiger partial charge in [0.25, 0.3) is 11.8 Å². The number of carbonyl (C=O) groups excluding carboxylic acids is 4. The smallest absolute Gasteiger partial charge is 0.262 e. The van der Waals surface area contributed by atoms with Gasteiger partial charge >= 0.3 is 0 Å². The Kier molecular flexibility index (Phi) is 13.4. The lowest BCUT2D eigenvalue weighted by atomic mass is 9.96. The molecule has 1 aromatic heterocycles. The van der Waals surface area contributed by atoms with Crippen molar-refractivity contribution in [3.8, 4) is 5.75 Å². The molecule has 2 aromatic carbocycles. The maximum Gasteiger partial charge on any atom is 0.262 e. The number of aromatic nitrogens is 2. The van der Waals surface area contributed by atoms with Gasteiger partial charge in [0, 0.05) is 91.8 Å². The summed E-state index contributed by atoms with van der Waals surface area (Å²) in [5, 5.41) is 14.4. The number of aliphatic imine (C=N–C) groups is 1. The van der Waals surface area contributed by atoms with Crippen LogP contribution in [0.5, 0.6) is 5.75 Å². The first kappa shape index (κ1) is 43.5. The van der Waals surface area contributed by atoms with Crippen molar-refractivity contribution < 1.29 is 26.8 Å². The van der Waals surface area contributed by atoms with Crippen LogP contribution in [-0.4, -0.2) is 168 Å². The lowest BCUT2D eigenvalue weighted by molar-refractivity contribution is -0.136. The molecule has 16 heteroatoms. The number of ether oxygens (including phenoxy) is 1. The minimum atomic E-state index is -0.955. The zero-order valence-corrected chi connectivity index (χ0v) is 36.9. The van der Waals surface area contributed by atoms with Gasteiger partial charge in [-0.2, -0.15) is 5.10 Å². The number of hydrogen-bond donors (Lipinski definition) is 3. The highest BCUT2D eigenvalue weighted by molar-refractivity contribution is 6.23. The Labute approximate surface area is 367 Å². The Morgan fingerprint density at radius 2 is 1.63 bits per heavy atom. The first-order chi connectivity index (χ1) is 30.1. The highest BCUT2D eigenvalue weighted by Crippen LogP contribution is 2.32. The van der Waals surface area contributed by atoms with Gasteiger partial charge in [0.15, 0.2) is 0 Å². The van der Waals surface area contributed by atoms with Crippen LogP contribution in [0.4, 0.5) is 5.69 Å². The lowest BCUT2D eigenvalue weighted by Gasteiger charge is -2.43. The van der Waals surface area contributed by atoms with Crippen LogP contribution in [-0.2, 0) is 9.59 Å². The molecule has 3 N–H and O–H groups in total. The molecule has 3 atom stereocenters.